The van der Waals surface area contributed by atoms with Crippen LogP contribution >= 0.6 is 11.6 Å². The van der Waals surface area contributed by atoms with E-state index in [1.807, 2.05) is 32.9 Å². The Labute approximate surface area is 145 Å². The normalized spacial score (nSPS) is 14.6. The summed E-state index contributed by atoms with van der Waals surface area (Å²) in [4.78, 5) is 26.6. The van der Waals surface area contributed by atoms with E-state index in [4.69, 9.17) is 16.3 Å². The van der Waals surface area contributed by atoms with Gasteiger partial charge < -0.3 is 14.2 Å². The molecular formula is C18H21ClN2O3. The molecule has 0 atom stereocenters. The first-order valence-corrected chi connectivity index (χ1v) is 8.33. The van der Waals surface area contributed by atoms with Gasteiger partial charge in [-0.05, 0) is 44.9 Å². The number of rotatable bonds is 0. The van der Waals surface area contributed by atoms with Gasteiger partial charge in [0.15, 0.2) is 0 Å². The van der Waals surface area contributed by atoms with E-state index in [0.717, 1.165) is 16.5 Å². The van der Waals surface area contributed by atoms with Crippen LogP contribution < -0.4 is 5.56 Å². The summed E-state index contributed by atoms with van der Waals surface area (Å²) in [6, 6.07) is 5.58. The molecule has 2 heterocycles. The van der Waals surface area contributed by atoms with Crippen molar-refractivity contribution in [1.29, 1.82) is 0 Å². The summed E-state index contributed by atoms with van der Waals surface area (Å²) in [6.07, 6.45) is 0.245. The van der Waals surface area contributed by atoms with Crippen LogP contribution in [-0.2, 0) is 24.8 Å². The molecule has 0 bridgehead atoms. The first-order valence-electron chi connectivity index (χ1n) is 7.95. The van der Waals surface area contributed by atoms with E-state index >= 15 is 0 Å². The van der Waals surface area contributed by atoms with Gasteiger partial charge in [0.2, 0.25) is 0 Å². The Morgan fingerprint density at radius 2 is 1.96 bits per heavy atom. The van der Waals surface area contributed by atoms with Crippen LogP contribution in [0.5, 0.6) is 0 Å². The molecule has 0 aliphatic carbocycles. The van der Waals surface area contributed by atoms with Crippen LogP contribution in [0, 0.1) is 0 Å². The summed E-state index contributed by atoms with van der Waals surface area (Å²) in [5, 5.41) is 1.61. The number of ether oxygens (including phenoxy) is 1. The van der Waals surface area contributed by atoms with Crippen LogP contribution in [0.3, 0.4) is 0 Å². The summed E-state index contributed by atoms with van der Waals surface area (Å²) >= 11 is 6.07. The molecule has 0 radical (unpaired) electrons. The van der Waals surface area contributed by atoms with Crippen molar-refractivity contribution in [3.63, 3.8) is 0 Å². The molecule has 24 heavy (non-hydrogen) atoms. The zero-order valence-corrected chi connectivity index (χ0v) is 15.1. The second kappa shape index (κ2) is 5.81. The minimum Gasteiger partial charge on any atom is -0.444 e. The molecule has 0 unspecified atom stereocenters. The number of pyridine rings is 1. The molecule has 5 nitrogen and oxygen atoms in total. The number of hydrogen-bond acceptors (Lipinski definition) is 3. The minimum atomic E-state index is -0.553. The van der Waals surface area contributed by atoms with Crippen molar-refractivity contribution in [1.82, 2.24) is 9.47 Å². The van der Waals surface area contributed by atoms with E-state index in [1.165, 1.54) is 0 Å². The number of carbonyl (C=O) groups is 1. The number of halogens is 1. The van der Waals surface area contributed by atoms with Gasteiger partial charge in [-0.25, -0.2) is 4.79 Å². The Morgan fingerprint density at radius 1 is 1.25 bits per heavy atom. The summed E-state index contributed by atoms with van der Waals surface area (Å²) < 4.78 is 7.02. The Balaban J connectivity index is 2.04. The first-order chi connectivity index (χ1) is 11.2. The second-order valence-corrected chi connectivity index (χ2v) is 7.57. The van der Waals surface area contributed by atoms with E-state index in [2.05, 4.69) is 0 Å². The predicted octanol–water partition coefficient (Wildman–Crippen LogP) is 3.49. The third-order valence-electron chi connectivity index (χ3n) is 4.21. The summed E-state index contributed by atoms with van der Waals surface area (Å²) in [5.41, 5.74) is 1.83. The van der Waals surface area contributed by atoms with Crippen molar-refractivity contribution in [2.45, 2.75) is 39.3 Å². The lowest BCUT2D eigenvalue weighted by molar-refractivity contribution is 0.0223. The fourth-order valence-corrected chi connectivity index (χ4v) is 3.25. The average Bonchev–Trinajstić information content (AvgIpc) is 2.50. The van der Waals surface area contributed by atoms with Gasteiger partial charge >= 0.3 is 6.09 Å². The van der Waals surface area contributed by atoms with Crippen molar-refractivity contribution >= 4 is 28.6 Å². The van der Waals surface area contributed by atoms with Crippen molar-refractivity contribution in [2.24, 2.45) is 7.05 Å². The number of aryl methyl sites for hydroxylation is 1. The van der Waals surface area contributed by atoms with Crippen LogP contribution in [-0.4, -0.2) is 27.7 Å². The fourth-order valence-electron chi connectivity index (χ4n) is 3.09. The highest BCUT2D eigenvalue weighted by Crippen LogP contribution is 2.27. The number of benzene rings is 1. The van der Waals surface area contributed by atoms with Gasteiger partial charge in [-0.1, -0.05) is 17.7 Å². The van der Waals surface area contributed by atoms with Crippen LogP contribution in [0.2, 0.25) is 5.02 Å². The minimum absolute atomic E-state index is 0.0898. The number of hydrogen-bond donors (Lipinski definition) is 0. The topological polar surface area (TPSA) is 51.5 Å². The third kappa shape index (κ3) is 3.00. The van der Waals surface area contributed by atoms with Gasteiger partial charge in [0, 0.05) is 29.6 Å². The molecule has 3 rings (SSSR count). The summed E-state index contributed by atoms with van der Waals surface area (Å²) in [7, 11) is 1.73. The molecule has 2 aromatic rings. The van der Waals surface area contributed by atoms with Gasteiger partial charge in [0.05, 0.1) is 12.1 Å². The molecule has 128 valence electrons. The van der Waals surface area contributed by atoms with Crippen LogP contribution in [0.25, 0.3) is 10.9 Å². The zero-order chi connectivity index (χ0) is 17.6. The van der Waals surface area contributed by atoms with Gasteiger partial charge in [0.1, 0.15) is 5.60 Å². The molecule has 6 heteroatoms. The molecule has 0 spiro atoms. The van der Waals surface area contributed by atoms with E-state index in [-0.39, 0.29) is 18.2 Å². The molecule has 1 aliphatic heterocycles. The lowest BCUT2D eigenvalue weighted by Gasteiger charge is -2.31. The number of nitrogens with zero attached hydrogens (tertiary/aromatic N) is 2. The molecule has 1 aromatic heterocycles. The second-order valence-electron chi connectivity index (χ2n) is 7.13. The maximum Gasteiger partial charge on any atom is 0.410 e. The van der Waals surface area contributed by atoms with E-state index in [1.54, 1.807) is 22.6 Å². The maximum atomic E-state index is 12.7. The highest BCUT2D eigenvalue weighted by molar-refractivity contribution is 6.31. The smallest absolute Gasteiger partial charge is 0.410 e. The quantitative estimate of drug-likeness (QED) is 0.732. The Morgan fingerprint density at radius 3 is 2.62 bits per heavy atom. The monoisotopic (exact) mass is 348 g/mol. The Kier molecular flexibility index (Phi) is 4.08. The van der Waals surface area contributed by atoms with Gasteiger partial charge in [0.25, 0.3) is 5.56 Å². The SMILES string of the molecule is Cn1c(=O)c2c(c3ccc(Cl)cc31)CCN(C(=O)OC(C)(C)C)C2. The molecule has 0 saturated carbocycles. The van der Waals surface area contributed by atoms with Crippen molar-refractivity contribution < 1.29 is 9.53 Å². The summed E-state index contributed by atoms with van der Waals surface area (Å²) in [6.45, 7) is 6.31. The predicted molar refractivity (Wildman–Crippen MR) is 94.5 cm³/mol. The third-order valence-corrected chi connectivity index (χ3v) is 4.44. The van der Waals surface area contributed by atoms with Gasteiger partial charge in [-0.15, -0.1) is 0 Å². The fraction of sp³-hybridized carbons (Fsp3) is 0.444. The Bertz CT molecular complexity index is 880. The van der Waals surface area contributed by atoms with Crippen LogP contribution in [0.1, 0.15) is 31.9 Å². The summed E-state index contributed by atoms with van der Waals surface area (Å²) in [5.74, 6) is 0. The number of aromatic nitrogens is 1. The van der Waals surface area contributed by atoms with Gasteiger partial charge in [-0.2, -0.15) is 0 Å². The standard InChI is InChI=1S/C18H21ClN2O3/c1-18(2,3)24-17(23)21-8-7-12-13-6-5-11(19)9-15(13)20(4)16(22)14(12)10-21/h5-6,9H,7-8,10H2,1-4H3. The van der Waals surface area contributed by atoms with E-state index in [9.17, 15) is 9.59 Å². The first kappa shape index (κ1) is 16.8. The van der Waals surface area contributed by atoms with E-state index in [0.29, 0.717) is 23.6 Å². The number of amides is 1. The largest absolute Gasteiger partial charge is 0.444 e. The molecule has 0 saturated heterocycles. The van der Waals surface area contributed by atoms with Crippen LogP contribution in [0.15, 0.2) is 23.0 Å². The van der Waals surface area contributed by atoms with Gasteiger partial charge in [-0.3, -0.25) is 4.79 Å². The molecular weight excluding hydrogens is 328 g/mol. The molecule has 1 amide bonds. The van der Waals surface area contributed by atoms with Crippen molar-refractivity contribution in [3.05, 3.63) is 44.7 Å². The number of fused-ring (bicyclic) bond motifs is 3. The zero-order valence-electron chi connectivity index (χ0n) is 14.4. The van der Waals surface area contributed by atoms with E-state index < -0.39 is 5.60 Å². The maximum absolute atomic E-state index is 12.7. The highest BCUT2D eigenvalue weighted by atomic mass is 35.5. The lowest BCUT2D eigenvalue weighted by atomic mass is 9.96. The molecule has 0 fully saturated rings. The molecule has 0 N–H and O–H groups in total. The molecule has 1 aliphatic rings. The van der Waals surface area contributed by atoms with Crippen molar-refractivity contribution in [3.8, 4) is 0 Å². The lowest BCUT2D eigenvalue weighted by Crippen LogP contribution is -2.42. The highest BCUT2D eigenvalue weighted by Gasteiger charge is 2.28. The number of carbonyl (C=O) groups excluding carboxylic acids is 1. The Hall–Kier alpha value is -2.01. The average molecular weight is 349 g/mol. The molecule has 1 aromatic carbocycles. The van der Waals surface area contributed by atoms with Crippen molar-refractivity contribution in [2.75, 3.05) is 6.54 Å². The van der Waals surface area contributed by atoms with Crippen LogP contribution in [0.4, 0.5) is 4.79 Å².